The molecule has 0 unspecified atom stereocenters. The number of hydrogen-bond acceptors (Lipinski definition) is 1. The zero-order chi connectivity index (χ0) is 12.8. The number of imidazole rings is 1. The van der Waals surface area contributed by atoms with Gasteiger partial charge in [-0.3, -0.25) is 0 Å². The average molecular weight is 220 g/mol. The van der Waals surface area contributed by atoms with Gasteiger partial charge in [-0.2, -0.15) is 0 Å². The van der Waals surface area contributed by atoms with Gasteiger partial charge in [-0.15, -0.1) is 0 Å². The first kappa shape index (κ1) is 16.8. The minimum absolute atomic E-state index is 0.801. The molecule has 0 saturated heterocycles. The van der Waals surface area contributed by atoms with Gasteiger partial charge < -0.3 is 4.57 Å². The molecular weight excluding hydrogens is 196 g/mol. The Bertz CT molecular complexity index is 282. The van der Waals surface area contributed by atoms with E-state index in [4.69, 9.17) is 0 Å². The van der Waals surface area contributed by atoms with Crippen molar-refractivity contribution in [2.75, 3.05) is 0 Å². The molecule has 1 rings (SSSR count). The number of aromatic nitrogens is 2. The van der Waals surface area contributed by atoms with Crippen LogP contribution in [0.4, 0.5) is 0 Å². The van der Waals surface area contributed by atoms with Gasteiger partial charge in [0.15, 0.2) is 0 Å². The lowest BCUT2D eigenvalue weighted by Crippen LogP contribution is -1.95. The second-order valence-electron chi connectivity index (χ2n) is 2.42. The third-order valence-corrected chi connectivity index (χ3v) is 1.52. The molecule has 0 aliphatic rings. The lowest BCUT2D eigenvalue weighted by Gasteiger charge is -2.00. The van der Waals surface area contributed by atoms with E-state index in [0.29, 0.717) is 0 Å². The molecule has 0 atom stereocenters. The highest BCUT2D eigenvalue weighted by atomic mass is 15.0. The van der Waals surface area contributed by atoms with Crippen molar-refractivity contribution in [2.24, 2.45) is 0 Å². The van der Waals surface area contributed by atoms with Gasteiger partial charge in [0, 0.05) is 18.9 Å². The predicted molar refractivity (Wildman–Crippen MR) is 73.4 cm³/mol. The highest BCUT2D eigenvalue weighted by Gasteiger charge is 1.91. The molecule has 0 aromatic carbocycles. The molecule has 0 bridgehead atoms. The molecule has 90 valence electrons. The standard InChI is InChI=1S/C10H12N2.2C2H6/c1-3-5-10(4-2)8-12-7-6-11-9-12;2*1-2/h3-7,9H,1-2,8H2;2*1-2H3/b10-5+;;. The van der Waals surface area contributed by atoms with Crippen molar-refractivity contribution in [3.05, 3.63) is 55.7 Å². The summed E-state index contributed by atoms with van der Waals surface area (Å²) in [5.41, 5.74) is 1.13. The van der Waals surface area contributed by atoms with E-state index in [0.717, 1.165) is 12.1 Å². The largest absolute Gasteiger partial charge is 0.333 e. The fourth-order valence-electron chi connectivity index (χ4n) is 0.928. The fourth-order valence-corrected chi connectivity index (χ4v) is 0.928. The summed E-state index contributed by atoms with van der Waals surface area (Å²) in [6, 6.07) is 0. The van der Waals surface area contributed by atoms with Crippen LogP contribution in [-0.2, 0) is 6.54 Å². The molecule has 0 fully saturated rings. The first-order valence-corrected chi connectivity index (χ1v) is 5.76. The molecule has 0 spiro atoms. The second kappa shape index (κ2) is 13.4. The number of nitrogens with zero attached hydrogens (tertiary/aromatic N) is 2. The maximum Gasteiger partial charge on any atom is 0.0949 e. The van der Waals surface area contributed by atoms with Gasteiger partial charge in [-0.05, 0) is 5.57 Å². The van der Waals surface area contributed by atoms with E-state index in [9.17, 15) is 0 Å². The first-order chi connectivity index (χ1) is 7.86. The van der Waals surface area contributed by atoms with Crippen molar-refractivity contribution >= 4 is 0 Å². The summed E-state index contributed by atoms with van der Waals surface area (Å²) in [6.45, 7) is 16.1. The van der Waals surface area contributed by atoms with E-state index in [1.54, 1.807) is 18.6 Å². The van der Waals surface area contributed by atoms with Crippen LogP contribution >= 0.6 is 0 Å². The summed E-state index contributed by atoms with van der Waals surface area (Å²) in [6.07, 6.45) is 11.0. The quantitative estimate of drug-likeness (QED) is 0.694. The van der Waals surface area contributed by atoms with Crippen molar-refractivity contribution in [2.45, 2.75) is 34.2 Å². The number of rotatable bonds is 4. The van der Waals surface area contributed by atoms with E-state index >= 15 is 0 Å². The van der Waals surface area contributed by atoms with Gasteiger partial charge in [0.25, 0.3) is 0 Å². The molecule has 0 aliphatic heterocycles. The Kier molecular flexibility index (Phi) is 14.1. The smallest absolute Gasteiger partial charge is 0.0949 e. The van der Waals surface area contributed by atoms with E-state index in [-0.39, 0.29) is 0 Å². The summed E-state index contributed by atoms with van der Waals surface area (Å²) < 4.78 is 1.98. The fraction of sp³-hybridized carbons (Fsp3) is 0.357. The normalized spacial score (nSPS) is 9.12. The average Bonchev–Trinajstić information content (AvgIpc) is 2.86. The van der Waals surface area contributed by atoms with Crippen LogP contribution in [0.2, 0.25) is 0 Å². The topological polar surface area (TPSA) is 17.8 Å². The predicted octanol–water partition coefficient (Wildman–Crippen LogP) is 4.23. The zero-order valence-electron chi connectivity index (χ0n) is 11.0. The molecule has 0 radical (unpaired) electrons. The molecule has 1 heterocycles. The minimum Gasteiger partial charge on any atom is -0.333 e. The third kappa shape index (κ3) is 7.80. The van der Waals surface area contributed by atoms with Crippen LogP contribution in [-0.4, -0.2) is 9.55 Å². The third-order valence-electron chi connectivity index (χ3n) is 1.52. The molecule has 2 nitrogen and oxygen atoms in total. The summed E-state index contributed by atoms with van der Waals surface area (Å²) >= 11 is 0. The minimum atomic E-state index is 0.801. The molecule has 0 saturated carbocycles. The molecule has 16 heavy (non-hydrogen) atoms. The highest BCUT2D eigenvalue weighted by molar-refractivity contribution is 5.20. The summed E-state index contributed by atoms with van der Waals surface area (Å²) in [5, 5.41) is 0. The van der Waals surface area contributed by atoms with Crippen LogP contribution in [0.25, 0.3) is 0 Å². The molecule has 0 N–H and O–H groups in total. The highest BCUT2D eigenvalue weighted by Crippen LogP contribution is 2.00. The summed E-state index contributed by atoms with van der Waals surface area (Å²) in [7, 11) is 0. The molecule has 1 aromatic rings. The van der Waals surface area contributed by atoms with Gasteiger partial charge in [0.05, 0.1) is 6.33 Å². The monoisotopic (exact) mass is 220 g/mol. The lowest BCUT2D eigenvalue weighted by molar-refractivity contribution is 0.797. The van der Waals surface area contributed by atoms with Crippen LogP contribution in [0.3, 0.4) is 0 Å². The van der Waals surface area contributed by atoms with Crippen molar-refractivity contribution in [1.82, 2.24) is 9.55 Å². The van der Waals surface area contributed by atoms with Gasteiger partial charge in [0.2, 0.25) is 0 Å². The molecule has 0 aliphatic carbocycles. The maximum atomic E-state index is 3.95. The Balaban J connectivity index is 0. The van der Waals surface area contributed by atoms with Crippen LogP contribution in [0.1, 0.15) is 27.7 Å². The Labute approximate surface area is 100 Å². The SMILES string of the molecule is C=C/C=C(\C=C)Cn1ccnc1.CC.CC. The first-order valence-electron chi connectivity index (χ1n) is 5.76. The molecule has 0 amide bonds. The Hall–Kier alpha value is -1.57. The van der Waals surface area contributed by atoms with Crippen molar-refractivity contribution in [1.29, 1.82) is 0 Å². The Morgan fingerprint density at radius 2 is 1.88 bits per heavy atom. The molecule has 2 heteroatoms. The van der Waals surface area contributed by atoms with Crippen LogP contribution in [0, 0.1) is 0 Å². The maximum absolute atomic E-state index is 3.95. The van der Waals surface area contributed by atoms with E-state index in [2.05, 4.69) is 18.1 Å². The summed E-state index contributed by atoms with van der Waals surface area (Å²) in [5.74, 6) is 0. The van der Waals surface area contributed by atoms with E-state index in [1.165, 1.54) is 0 Å². The van der Waals surface area contributed by atoms with Gasteiger partial charge in [-0.25, -0.2) is 4.98 Å². The van der Waals surface area contributed by atoms with Crippen LogP contribution < -0.4 is 0 Å². The van der Waals surface area contributed by atoms with Gasteiger partial charge in [0.1, 0.15) is 0 Å². The molecular formula is C14H24N2. The van der Waals surface area contributed by atoms with Crippen molar-refractivity contribution < 1.29 is 0 Å². The second-order valence-corrected chi connectivity index (χ2v) is 2.42. The summed E-state index contributed by atoms with van der Waals surface area (Å²) in [4.78, 5) is 3.95. The van der Waals surface area contributed by atoms with E-state index in [1.807, 2.05) is 50.6 Å². The lowest BCUT2D eigenvalue weighted by atomic mass is 10.2. The zero-order valence-corrected chi connectivity index (χ0v) is 11.0. The number of allylic oxidation sites excluding steroid dienone is 4. The van der Waals surface area contributed by atoms with Crippen LogP contribution in [0.15, 0.2) is 55.7 Å². The number of hydrogen-bond donors (Lipinski definition) is 0. The van der Waals surface area contributed by atoms with Crippen molar-refractivity contribution in [3.8, 4) is 0 Å². The molecule has 1 aromatic heterocycles. The van der Waals surface area contributed by atoms with Gasteiger partial charge in [-0.1, -0.05) is 59.1 Å². The van der Waals surface area contributed by atoms with E-state index < -0.39 is 0 Å². The Morgan fingerprint density at radius 3 is 2.25 bits per heavy atom. The van der Waals surface area contributed by atoms with Crippen molar-refractivity contribution in [3.63, 3.8) is 0 Å². The Morgan fingerprint density at radius 1 is 1.25 bits per heavy atom. The van der Waals surface area contributed by atoms with Crippen LogP contribution in [0.5, 0.6) is 0 Å². The van der Waals surface area contributed by atoms with Gasteiger partial charge >= 0.3 is 0 Å².